The predicted octanol–water partition coefficient (Wildman–Crippen LogP) is 6.35. The number of fused-ring (bicyclic) bond motifs is 4. The van der Waals surface area contributed by atoms with Crippen LogP contribution in [-0.2, 0) is 72.3 Å². The van der Waals surface area contributed by atoms with E-state index in [2.05, 4.69) is 9.97 Å². The van der Waals surface area contributed by atoms with Crippen LogP contribution in [0.25, 0.3) is 43.6 Å². The lowest BCUT2D eigenvalue weighted by Gasteiger charge is -2.38. The summed E-state index contributed by atoms with van der Waals surface area (Å²) in [7, 11) is -8.67. The molecule has 0 spiro atoms. The molecule has 5 fully saturated rings. The van der Waals surface area contributed by atoms with Gasteiger partial charge in [0, 0.05) is 215 Å². The summed E-state index contributed by atoms with van der Waals surface area (Å²) in [5.41, 5.74) is 3.94. The van der Waals surface area contributed by atoms with Crippen molar-refractivity contribution in [3.63, 3.8) is 0 Å². The molecular formula is C83H92N14O16S5. The standard InChI is InChI=1S/2C21H22N4O4S.C21H27N3O4S.C20H21N3O4S2/c1-23-17-9-4-3-7-15(17)18(19(21(23)27)30(2,28)29)24-11-13-25(14-12-24)20(26)16-8-5-6-10-22-16;1-23-17-6-4-3-5-16(17)18(19(21(23)27)30(2,28)29)24-11-13-25(14-12-24)20(26)15-7-9-22-10-8-15;1-22-17-10-6-5-9-16(17)18(19(21(22)26)29(2,27)28)23-11-13-24(14-12-23)20(25)15-7-3-4-8-15;1-21-16-6-4-3-5-15(16)17(18(20(21)25)29(2,26)27)22-8-10-23(11-9-22)19(24)14-7-12-28-13-14/h2*3-10H,11-14H2,1-2H3;5-6,9-10,15H,3-4,7-8,11-14H2,1-2H3;3-7,12-13H,8-11H2,1-2H3. The molecule has 0 atom stereocenters. The molecule has 5 aliphatic rings. The van der Waals surface area contributed by atoms with Gasteiger partial charge >= 0.3 is 0 Å². The summed E-state index contributed by atoms with van der Waals surface area (Å²) in [5.74, 6) is 0.0852. The third-order valence-electron chi connectivity index (χ3n) is 22.3. The monoisotopic (exact) mass is 1700 g/mol. The van der Waals surface area contributed by atoms with E-state index in [1.165, 1.54) is 29.6 Å². The summed E-state index contributed by atoms with van der Waals surface area (Å²) in [5, 5.41) is 6.55. The zero-order valence-corrected chi connectivity index (χ0v) is 70.7. The van der Waals surface area contributed by atoms with Gasteiger partial charge in [-0.2, -0.15) is 11.3 Å². The molecule has 118 heavy (non-hydrogen) atoms. The maximum Gasteiger partial charge on any atom is 0.272 e. The minimum atomic E-state index is -3.77. The lowest BCUT2D eigenvalue weighted by molar-refractivity contribution is -0.135. The van der Waals surface area contributed by atoms with E-state index < -0.39 is 61.6 Å². The van der Waals surface area contributed by atoms with Crippen molar-refractivity contribution in [3.05, 3.63) is 221 Å². The van der Waals surface area contributed by atoms with Crippen LogP contribution in [0.2, 0.25) is 0 Å². The molecule has 30 nitrogen and oxygen atoms in total. The molecule has 0 radical (unpaired) electrons. The van der Waals surface area contributed by atoms with Crippen molar-refractivity contribution >= 4 is 141 Å². The van der Waals surface area contributed by atoms with Crippen LogP contribution < -0.4 is 41.8 Å². The number of carbonyl (C=O) groups is 4. The summed E-state index contributed by atoms with van der Waals surface area (Å²) in [4.78, 5) is 125. The fourth-order valence-electron chi connectivity index (χ4n) is 16.3. The van der Waals surface area contributed by atoms with Crippen LogP contribution in [0.3, 0.4) is 0 Å². The lowest BCUT2D eigenvalue weighted by Crippen LogP contribution is -2.51. The second-order valence-corrected chi connectivity index (χ2v) is 38.5. The first kappa shape index (κ1) is 84.5. The molecule has 1 saturated carbocycles. The van der Waals surface area contributed by atoms with Crippen LogP contribution in [0.5, 0.6) is 0 Å². The van der Waals surface area contributed by atoms with E-state index in [1.807, 2.05) is 120 Å². The van der Waals surface area contributed by atoms with Crippen molar-refractivity contribution in [1.82, 2.24) is 47.8 Å². The fraction of sp³-hybridized carbons (Fsp3) is 0.349. The Balaban J connectivity index is 0.000000136. The Bertz CT molecular complexity index is 6260. The molecule has 0 N–H and O–H groups in total. The minimum Gasteiger partial charge on any atom is -0.366 e. The quantitative estimate of drug-likeness (QED) is 0.129. The smallest absolute Gasteiger partial charge is 0.272 e. The van der Waals surface area contributed by atoms with Gasteiger partial charge in [0.2, 0.25) is 5.91 Å². The number of aryl methyl sites for hydroxylation is 4. The van der Waals surface area contributed by atoms with Gasteiger partial charge in [0.15, 0.2) is 58.9 Å². The first-order chi connectivity index (χ1) is 56.1. The summed E-state index contributed by atoms with van der Waals surface area (Å²) in [6.45, 7) is 7.28. The lowest BCUT2D eigenvalue weighted by atomic mass is 10.1. The van der Waals surface area contributed by atoms with Crippen molar-refractivity contribution in [3.8, 4) is 0 Å². The third-order valence-corrected chi connectivity index (χ3v) is 27.4. The van der Waals surface area contributed by atoms with Crippen molar-refractivity contribution in [2.24, 2.45) is 34.1 Å². The van der Waals surface area contributed by atoms with Gasteiger partial charge in [-0.05, 0) is 72.8 Å². The number of anilines is 4. The highest BCUT2D eigenvalue weighted by Gasteiger charge is 2.37. The zero-order valence-electron chi connectivity index (χ0n) is 66.6. The van der Waals surface area contributed by atoms with Crippen LogP contribution in [0.4, 0.5) is 22.7 Å². The second kappa shape index (κ2) is 34.7. The minimum absolute atomic E-state index is 0.0249. The predicted molar refractivity (Wildman–Crippen MR) is 457 cm³/mol. The Morgan fingerprint density at radius 1 is 0.347 bits per heavy atom. The Morgan fingerprint density at radius 3 is 0.941 bits per heavy atom. The average molecular weight is 1700 g/mol. The summed E-state index contributed by atoms with van der Waals surface area (Å²) < 4.78 is 106. The first-order valence-electron chi connectivity index (χ1n) is 38.4. The zero-order chi connectivity index (χ0) is 84.4. The van der Waals surface area contributed by atoms with E-state index in [0.29, 0.717) is 183 Å². The Morgan fingerprint density at radius 2 is 0.644 bits per heavy atom. The van der Waals surface area contributed by atoms with E-state index >= 15 is 0 Å². The number of pyridine rings is 6. The average Bonchev–Trinajstić information content (AvgIpc) is 0.816. The number of sulfone groups is 4. The molecule has 4 aliphatic heterocycles. The van der Waals surface area contributed by atoms with Crippen LogP contribution in [-0.4, -0.2) is 235 Å². The maximum absolute atomic E-state index is 12.9. The normalized spacial score (nSPS) is 15.8. The maximum atomic E-state index is 12.9. The molecule has 4 saturated heterocycles. The van der Waals surface area contributed by atoms with Crippen molar-refractivity contribution in [1.29, 1.82) is 0 Å². The van der Waals surface area contributed by atoms with Gasteiger partial charge in [0.25, 0.3) is 40.0 Å². The molecule has 11 heterocycles. The van der Waals surface area contributed by atoms with E-state index in [1.54, 1.807) is 110 Å². The van der Waals surface area contributed by atoms with Gasteiger partial charge in [-0.1, -0.05) is 91.7 Å². The molecule has 4 amide bonds. The number of para-hydroxylation sites is 4. The molecule has 4 aromatic carbocycles. The molecule has 11 aromatic rings. The number of nitrogens with zero attached hydrogens (tertiary/aromatic N) is 14. The number of piperazine rings is 4. The summed E-state index contributed by atoms with van der Waals surface area (Å²) in [6, 6.07) is 39.5. The molecule has 16 rings (SSSR count). The summed E-state index contributed by atoms with van der Waals surface area (Å²) >= 11 is 1.48. The van der Waals surface area contributed by atoms with Gasteiger partial charge in [-0.3, -0.25) is 48.3 Å². The molecule has 1 aliphatic carbocycles. The van der Waals surface area contributed by atoms with Gasteiger partial charge in [0.1, 0.15) is 5.69 Å². The van der Waals surface area contributed by atoms with E-state index in [9.17, 15) is 72.0 Å². The van der Waals surface area contributed by atoms with Crippen LogP contribution in [0.1, 0.15) is 56.9 Å². The Hall–Kier alpha value is -11.4. The highest BCUT2D eigenvalue weighted by Crippen LogP contribution is 2.38. The van der Waals surface area contributed by atoms with Crippen molar-refractivity contribution < 1.29 is 52.8 Å². The number of amides is 4. The van der Waals surface area contributed by atoms with Gasteiger partial charge in [0.05, 0.1) is 50.4 Å². The van der Waals surface area contributed by atoms with E-state index in [4.69, 9.17) is 0 Å². The number of carbonyl (C=O) groups excluding carboxylic acids is 4. The number of hydrogen-bond donors (Lipinski definition) is 0. The third kappa shape index (κ3) is 17.3. The SMILES string of the molecule is Cn1c(=O)c(S(C)(=O)=O)c(N2CCN(C(=O)C3CCCC3)CC2)c2ccccc21.Cn1c(=O)c(S(C)(=O)=O)c(N2CCN(C(=O)c3ccccn3)CC2)c2ccccc21.Cn1c(=O)c(S(C)(=O)=O)c(N2CCN(C(=O)c3ccncc3)CC2)c2ccccc21.Cn1c(=O)c(S(C)(=O)=O)c(N2CCN(C(=O)c3ccsc3)CC2)c2ccccc21. The number of hydrogen-bond acceptors (Lipinski definition) is 23. The largest absolute Gasteiger partial charge is 0.366 e. The van der Waals surface area contributed by atoms with Crippen LogP contribution in [0.15, 0.2) is 202 Å². The highest BCUT2D eigenvalue weighted by molar-refractivity contribution is 7.91. The van der Waals surface area contributed by atoms with Crippen molar-refractivity contribution in [2.75, 3.05) is 149 Å². The number of benzene rings is 4. The molecule has 7 aromatic heterocycles. The fourth-order valence-corrected chi connectivity index (χ4v) is 21.1. The van der Waals surface area contributed by atoms with Crippen molar-refractivity contribution in [2.45, 2.75) is 45.3 Å². The van der Waals surface area contributed by atoms with Gasteiger partial charge in [-0.25, -0.2) is 33.7 Å². The Kier molecular flexibility index (Phi) is 24.8. The molecule has 620 valence electrons. The van der Waals surface area contributed by atoms with E-state index in [0.717, 1.165) is 56.1 Å². The topological polar surface area (TPSA) is 345 Å². The van der Waals surface area contributed by atoms with Crippen LogP contribution in [0, 0.1) is 5.92 Å². The molecule has 0 bridgehead atoms. The number of thiophene rings is 1. The molecule has 35 heteroatoms. The van der Waals surface area contributed by atoms with Gasteiger partial charge in [-0.15, -0.1) is 0 Å². The van der Waals surface area contributed by atoms with Gasteiger partial charge < -0.3 is 57.5 Å². The first-order valence-corrected chi connectivity index (χ1v) is 46.9. The van der Waals surface area contributed by atoms with E-state index in [-0.39, 0.29) is 49.1 Å². The second-order valence-electron chi connectivity index (χ2n) is 29.9. The number of aromatic nitrogens is 6. The molecular weight excluding hydrogens is 1610 g/mol. The molecule has 0 unspecified atom stereocenters. The number of rotatable bonds is 12. The Labute approximate surface area is 686 Å². The highest BCUT2D eigenvalue weighted by atomic mass is 32.2. The van der Waals surface area contributed by atoms with Crippen LogP contribution >= 0.6 is 11.3 Å². The summed E-state index contributed by atoms with van der Waals surface area (Å²) in [6.07, 6.45) is 13.2.